The van der Waals surface area contributed by atoms with Crippen LogP contribution in [0.2, 0.25) is 0 Å². The second-order valence-electron chi connectivity index (χ2n) is 12.0. The summed E-state index contributed by atoms with van der Waals surface area (Å²) in [6.07, 6.45) is 2.64. The molecule has 1 unspecified atom stereocenters. The molecule has 3 aliphatic rings. The van der Waals surface area contributed by atoms with Crippen LogP contribution < -0.4 is 16.5 Å². The number of fused-ring (bicyclic) bond motifs is 1. The van der Waals surface area contributed by atoms with E-state index in [1.807, 2.05) is 20.8 Å². The topological polar surface area (TPSA) is 134 Å². The molecule has 1 saturated carbocycles. The van der Waals surface area contributed by atoms with Crippen LogP contribution in [-0.4, -0.2) is 71.0 Å². The molecule has 1 aliphatic carbocycles. The Morgan fingerprint density at radius 2 is 1.85 bits per heavy atom. The third kappa shape index (κ3) is 5.82. The van der Waals surface area contributed by atoms with E-state index >= 15 is 0 Å². The fourth-order valence-electron chi connectivity index (χ4n) is 5.14. The Morgan fingerprint density at radius 3 is 2.41 bits per heavy atom. The summed E-state index contributed by atoms with van der Waals surface area (Å²) >= 11 is 0. The lowest BCUT2D eigenvalue weighted by Crippen LogP contribution is -2.59. The number of hydrazine groups is 1. The van der Waals surface area contributed by atoms with Crippen molar-refractivity contribution < 1.29 is 23.9 Å². The third-order valence-corrected chi connectivity index (χ3v) is 7.07. The average molecular weight is 480 g/mol. The quantitative estimate of drug-likeness (QED) is 0.522. The number of ether oxygens (including phenoxy) is 1. The second kappa shape index (κ2) is 9.71. The van der Waals surface area contributed by atoms with Gasteiger partial charge in [0.2, 0.25) is 11.8 Å². The zero-order valence-electron chi connectivity index (χ0n) is 21.3. The first-order chi connectivity index (χ1) is 15.7. The number of carbonyl (C=O) groups excluding carboxylic acids is 4. The molecule has 34 heavy (non-hydrogen) atoms. The van der Waals surface area contributed by atoms with Crippen molar-refractivity contribution in [3.8, 4) is 0 Å². The number of nitrogens with zero attached hydrogens (tertiary/aromatic N) is 2. The summed E-state index contributed by atoms with van der Waals surface area (Å²) < 4.78 is 5.49. The SMILES string of the molecule is CC(C)(C)OC(=O)N(C[C@@H]1CCNC1=O)NC(=O)[C@@H]1[C@H]2CCC[C@H]2CN1C(=O)C(N)C(C)(C)C. The van der Waals surface area contributed by atoms with Gasteiger partial charge in [0.15, 0.2) is 0 Å². The maximum atomic E-state index is 13.6. The van der Waals surface area contributed by atoms with E-state index in [4.69, 9.17) is 10.5 Å². The van der Waals surface area contributed by atoms with Gasteiger partial charge in [-0.2, -0.15) is 0 Å². The predicted molar refractivity (Wildman–Crippen MR) is 126 cm³/mol. The molecule has 4 amide bonds. The van der Waals surface area contributed by atoms with Gasteiger partial charge in [0.1, 0.15) is 11.6 Å². The minimum atomic E-state index is -0.774. The van der Waals surface area contributed by atoms with Gasteiger partial charge in [-0.05, 0) is 57.3 Å². The Kier molecular flexibility index (Phi) is 7.50. The normalized spacial score (nSPS) is 27.7. The zero-order valence-corrected chi connectivity index (χ0v) is 21.3. The summed E-state index contributed by atoms with van der Waals surface area (Å²) in [4.78, 5) is 53.6. The van der Waals surface area contributed by atoms with Crippen LogP contribution in [0, 0.1) is 23.2 Å². The van der Waals surface area contributed by atoms with Gasteiger partial charge in [0.05, 0.1) is 18.5 Å². The minimum absolute atomic E-state index is 0.00273. The highest BCUT2D eigenvalue weighted by Crippen LogP contribution is 2.43. The van der Waals surface area contributed by atoms with Gasteiger partial charge in [-0.3, -0.25) is 19.8 Å². The number of likely N-dealkylation sites (tertiary alicyclic amines) is 1. The highest BCUT2D eigenvalue weighted by atomic mass is 16.6. The van der Waals surface area contributed by atoms with Gasteiger partial charge in [0, 0.05) is 13.1 Å². The molecule has 4 N–H and O–H groups in total. The van der Waals surface area contributed by atoms with Crippen molar-refractivity contribution in [1.29, 1.82) is 0 Å². The smallest absolute Gasteiger partial charge is 0.429 e. The molecule has 10 nitrogen and oxygen atoms in total. The molecule has 10 heteroatoms. The lowest BCUT2D eigenvalue weighted by molar-refractivity contribution is -0.144. The summed E-state index contributed by atoms with van der Waals surface area (Å²) in [5, 5.41) is 3.85. The summed E-state index contributed by atoms with van der Waals surface area (Å²) in [5.41, 5.74) is 7.76. The number of hydrogen-bond acceptors (Lipinski definition) is 6. The molecular weight excluding hydrogens is 438 g/mol. The monoisotopic (exact) mass is 479 g/mol. The van der Waals surface area contributed by atoms with Crippen LogP contribution in [-0.2, 0) is 19.1 Å². The predicted octanol–water partition coefficient (Wildman–Crippen LogP) is 1.39. The Bertz CT molecular complexity index is 818. The van der Waals surface area contributed by atoms with E-state index in [1.165, 1.54) is 0 Å². The maximum absolute atomic E-state index is 13.6. The van der Waals surface area contributed by atoms with E-state index in [9.17, 15) is 19.2 Å². The van der Waals surface area contributed by atoms with Crippen LogP contribution in [0.1, 0.15) is 67.2 Å². The molecule has 0 aromatic heterocycles. The molecule has 0 radical (unpaired) electrons. The standard InChI is InChI=1S/C24H41N5O5/c1-23(2,3)18(25)21(32)28-12-14-8-7-9-16(14)17(28)20(31)27-29(22(33)34-24(4,5)6)13-15-10-11-26-19(15)30/h14-18H,7-13,25H2,1-6H3,(H,26,30)(H,27,31)/t14-,15-,16-,17-,18?/m0/s1. The van der Waals surface area contributed by atoms with Crippen LogP contribution >= 0.6 is 0 Å². The van der Waals surface area contributed by atoms with Crippen molar-refractivity contribution in [3.05, 3.63) is 0 Å². The van der Waals surface area contributed by atoms with Crippen LogP contribution in [0.3, 0.4) is 0 Å². The minimum Gasteiger partial charge on any atom is -0.442 e. The first kappa shape index (κ1) is 26.2. The number of carbonyl (C=O) groups is 4. The molecule has 0 aromatic rings. The first-order valence-electron chi connectivity index (χ1n) is 12.3. The van der Waals surface area contributed by atoms with Gasteiger partial charge in [-0.15, -0.1) is 0 Å². The Hall–Kier alpha value is -2.36. The third-order valence-electron chi connectivity index (χ3n) is 7.07. The molecule has 2 saturated heterocycles. The lowest BCUT2D eigenvalue weighted by Gasteiger charge is -2.35. The van der Waals surface area contributed by atoms with Crippen molar-refractivity contribution in [2.75, 3.05) is 19.6 Å². The maximum Gasteiger partial charge on any atom is 0.429 e. The average Bonchev–Trinajstić information content (AvgIpc) is 3.40. The van der Waals surface area contributed by atoms with Gasteiger partial charge < -0.3 is 20.7 Å². The molecule has 0 bridgehead atoms. The summed E-state index contributed by atoms with van der Waals surface area (Å²) in [7, 11) is 0. The molecule has 2 aliphatic heterocycles. The number of amides is 4. The van der Waals surface area contributed by atoms with E-state index in [0.29, 0.717) is 19.5 Å². The molecular formula is C24H41N5O5. The summed E-state index contributed by atoms with van der Waals surface area (Å²) in [6, 6.07) is -1.46. The van der Waals surface area contributed by atoms with Crippen molar-refractivity contribution in [1.82, 2.24) is 20.7 Å². The Labute approximate surface area is 202 Å². The molecule has 0 aromatic carbocycles. The van der Waals surface area contributed by atoms with Gasteiger partial charge in [0.25, 0.3) is 5.91 Å². The van der Waals surface area contributed by atoms with Crippen LogP contribution in [0.5, 0.6) is 0 Å². The van der Waals surface area contributed by atoms with E-state index in [2.05, 4.69) is 10.7 Å². The van der Waals surface area contributed by atoms with Gasteiger partial charge >= 0.3 is 6.09 Å². The van der Waals surface area contributed by atoms with Crippen LogP contribution in [0.25, 0.3) is 0 Å². The van der Waals surface area contributed by atoms with Crippen molar-refractivity contribution in [3.63, 3.8) is 0 Å². The van der Waals surface area contributed by atoms with E-state index < -0.39 is 41.0 Å². The van der Waals surface area contributed by atoms with Gasteiger partial charge in [-0.1, -0.05) is 27.2 Å². The van der Waals surface area contributed by atoms with Crippen LogP contribution in [0.4, 0.5) is 4.79 Å². The lowest BCUT2D eigenvalue weighted by atomic mass is 9.86. The van der Waals surface area contributed by atoms with Crippen molar-refractivity contribution in [2.24, 2.45) is 28.9 Å². The van der Waals surface area contributed by atoms with Crippen LogP contribution in [0.15, 0.2) is 0 Å². The number of nitrogens with one attached hydrogen (secondary N) is 2. The largest absolute Gasteiger partial charge is 0.442 e. The number of rotatable bonds is 4. The molecule has 192 valence electrons. The molecule has 5 atom stereocenters. The fraction of sp³-hybridized carbons (Fsp3) is 0.833. The van der Waals surface area contributed by atoms with E-state index in [-0.39, 0.29) is 30.2 Å². The van der Waals surface area contributed by atoms with Gasteiger partial charge in [-0.25, -0.2) is 9.80 Å². The fourth-order valence-corrected chi connectivity index (χ4v) is 5.14. The number of nitrogens with two attached hydrogens (primary N) is 1. The first-order valence-corrected chi connectivity index (χ1v) is 12.3. The van der Waals surface area contributed by atoms with Crippen molar-refractivity contribution in [2.45, 2.75) is 84.9 Å². The zero-order chi connectivity index (χ0) is 25.4. The molecule has 3 rings (SSSR count). The Morgan fingerprint density at radius 1 is 1.18 bits per heavy atom. The van der Waals surface area contributed by atoms with E-state index in [1.54, 1.807) is 25.7 Å². The molecule has 3 fully saturated rings. The molecule has 2 heterocycles. The summed E-state index contributed by atoms with van der Waals surface area (Å²) in [5.74, 6) is -1.03. The highest BCUT2D eigenvalue weighted by Gasteiger charge is 2.51. The second-order valence-corrected chi connectivity index (χ2v) is 12.0. The summed E-state index contributed by atoms with van der Waals surface area (Å²) in [6.45, 7) is 11.9. The highest BCUT2D eigenvalue weighted by molar-refractivity contribution is 5.92. The Balaban J connectivity index is 1.82. The van der Waals surface area contributed by atoms with Crippen molar-refractivity contribution >= 4 is 23.8 Å². The van der Waals surface area contributed by atoms with E-state index in [0.717, 1.165) is 24.3 Å². The molecule has 0 spiro atoms. The number of hydrogen-bond donors (Lipinski definition) is 3.